The minimum atomic E-state index is -0.147. The average Bonchev–Trinajstić information content (AvgIpc) is 2.69. The molecule has 1 aromatic heterocycles. The van der Waals surface area contributed by atoms with Crippen molar-refractivity contribution in [3.05, 3.63) is 44.8 Å². The van der Waals surface area contributed by atoms with E-state index < -0.39 is 0 Å². The summed E-state index contributed by atoms with van der Waals surface area (Å²) in [6.07, 6.45) is 0. The number of benzene rings is 1. The largest absolute Gasteiger partial charge is 0.343 e. The zero-order chi connectivity index (χ0) is 12.3. The van der Waals surface area contributed by atoms with Gasteiger partial charge >= 0.3 is 5.69 Å². The van der Waals surface area contributed by atoms with Gasteiger partial charge in [-0.15, -0.1) is 5.10 Å². The number of H-pyrrole nitrogens is 1. The van der Waals surface area contributed by atoms with Gasteiger partial charge < -0.3 is 0 Å². The van der Waals surface area contributed by atoms with E-state index in [1.54, 1.807) is 16.3 Å². The molecule has 0 fully saturated rings. The summed E-state index contributed by atoms with van der Waals surface area (Å²) < 4.78 is 2.69. The predicted molar refractivity (Wildman–Crippen MR) is 72.2 cm³/mol. The van der Waals surface area contributed by atoms with Crippen molar-refractivity contribution in [2.75, 3.05) is 0 Å². The summed E-state index contributed by atoms with van der Waals surface area (Å²) in [4.78, 5) is 11.4. The van der Waals surface area contributed by atoms with Crippen LogP contribution in [-0.2, 0) is 12.3 Å². The summed E-state index contributed by atoms with van der Waals surface area (Å²) in [5.41, 5.74) is 1.06. The molecule has 2 aromatic rings. The third-order valence-electron chi connectivity index (χ3n) is 2.32. The third kappa shape index (κ3) is 3.01. The molecule has 0 atom stereocenters. The molecule has 90 valence electrons. The summed E-state index contributed by atoms with van der Waals surface area (Å²) in [5, 5.41) is 7.20. The van der Waals surface area contributed by atoms with E-state index in [1.807, 2.05) is 19.1 Å². The van der Waals surface area contributed by atoms with Gasteiger partial charge in [-0.2, -0.15) is 0 Å². The molecular weight excluding hydrogens is 302 g/mol. The number of halogens is 1. The number of rotatable bonds is 4. The summed E-state index contributed by atoms with van der Waals surface area (Å²) in [7, 11) is 0. The highest BCUT2D eigenvalue weighted by Gasteiger charge is 2.06. The fourth-order valence-electron chi connectivity index (χ4n) is 1.42. The van der Waals surface area contributed by atoms with Gasteiger partial charge in [0.25, 0.3) is 0 Å². The highest BCUT2D eigenvalue weighted by Crippen LogP contribution is 2.20. The second kappa shape index (κ2) is 5.55. The van der Waals surface area contributed by atoms with Crippen LogP contribution in [0.1, 0.15) is 12.5 Å². The van der Waals surface area contributed by atoms with Crippen LogP contribution in [0.2, 0.25) is 0 Å². The van der Waals surface area contributed by atoms with Gasteiger partial charge in [0.1, 0.15) is 0 Å². The van der Waals surface area contributed by atoms with Crippen molar-refractivity contribution in [2.24, 2.45) is 0 Å². The Hall–Kier alpha value is -1.01. The summed E-state index contributed by atoms with van der Waals surface area (Å²) in [5.74, 6) is 0.803. The Morgan fingerprint density at radius 1 is 1.41 bits per heavy atom. The lowest BCUT2D eigenvalue weighted by atomic mass is 10.2. The fraction of sp³-hybridized carbons (Fsp3) is 0.273. The van der Waals surface area contributed by atoms with Crippen molar-refractivity contribution < 1.29 is 0 Å². The smallest absolute Gasteiger partial charge is 0.270 e. The first-order valence-corrected chi connectivity index (χ1v) is 7.01. The van der Waals surface area contributed by atoms with E-state index in [2.05, 4.69) is 38.3 Å². The predicted octanol–water partition coefficient (Wildman–Crippen LogP) is 2.65. The molecule has 17 heavy (non-hydrogen) atoms. The Balaban J connectivity index is 2.07. The van der Waals surface area contributed by atoms with E-state index in [9.17, 15) is 4.79 Å². The maximum Gasteiger partial charge on any atom is 0.343 e. The van der Waals surface area contributed by atoms with Crippen molar-refractivity contribution in [3.8, 4) is 0 Å². The SMILES string of the molecule is CCn1c(SCc2ccc(Br)cc2)n[nH]c1=O. The fourth-order valence-corrected chi connectivity index (χ4v) is 2.65. The van der Waals surface area contributed by atoms with Crippen molar-refractivity contribution >= 4 is 27.7 Å². The first kappa shape index (κ1) is 12.4. The normalized spacial score (nSPS) is 10.7. The molecular formula is C11H12BrN3OS. The summed E-state index contributed by atoms with van der Waals surface area (Å²) in [6.45, 7) is 2.57. The van der Waals surface area contributed by atoms with Gasteiger partial charge in [-0.25, -0.2) is 9.89 Å². The highest BCUT2D eigenvalue weighted by atomic mass is 79.9. The molecule has 0 radical (unpaired) electrons. The van der Waals surface area contributed by atoms with Crippen LogP contribution in [0.15, 0.2) is 38.7 Å². The Kier molecular flexibility index (Phi) is 4.06. The van der Waals surface area contributed by atoms with E-state index in [0.717, 1.165) is 15.4 Å². The molecule has 0 saturated carbocycles. The minimum Gasteiger partial charge on any atom is -0.270 e. The second-order valence-electron chi connectivity index (χ2n) is 3.47. The summed E-state index contributed by atoms with van der Waals surface area (Å²) >= 11 is 4.95. The van der Waals surface area contributed by atoms with Gasteiger partial charge in [-0.3, -0.25) is 4.57 Å². The first-order valence-electron chi connectivity index (χ1n) is 5.23. The zero-order valence-electron chi connectivity index (χ0n) is 9.31. The zero-order valence-corrected chi connectivity index (χ0v) is 11.7. The van der Waals surface area contributed by atoms with Crippen LogP contribution in [0.5, 0.6) is 0 Å². The number of aromatic amines is 1. The van der Waals surface area contributed by atoms with Crippen LogP contribution in [0.3, 0.4) is 0 Å². The van der Waals surface area contributed by atoms with Gasteiger partial charge in [-0.1, -0.05) is 39.8 Å². The molecule has 0 amide bonds. The van der Waals surface area contributed by atoms with Gasteiger partial charge in [0.05, 0.1) is 0 Å². The third-order valence-corrected chi connectivity index (χ3v) is 3.90. The van der Waals surface area contributed by atoms with Crippen molar-refractivity contribution in [1.29, 1.82) is 0 Å². The Morgan fingerprint density at radius 3 is 2.76 bits per heavy atom. The number of nitrogens with zero attached hydrogens (tertiary/aromatic N) is 2. The maximum atomic E-state index is 11.4. The molecule has 0 saturated heterocycles. The Morgan fingerprint density at radius 2 is 2.12 bits per heavy atom. The van der Waals surface area contributed by atoms with Crippen LogP contribution >= 0.6 is 27.7 Å². The lowest BCUT2D eigenvalue weighted by Crippen LogP contribution is -2.16. The van der Waals surface area contributed by atoms with Gasteiger partial charge in [-0.05, 0) is 24.6 Å². The number of nitrogens with one attached hydrogen (secondary N) is 1. The Labute approximate surface area is 112 Å². The van der Waals surface area contributed by atoms with E-state index in [4.69, 9.17) is 0 Å². The highest BCUT2D eigenvalue weighted by molar-refractivity contribution is 9.10. The molecule has 4 nitrogen and oxygen atoms in total. The topological polar surface area (TPSA) is 50.7 Å². The molecule has 1 aromatic carbocycles. The number of aromatic nitrogens is 3. The van der Waals surface area contributed by atoms with E-state index in [0.29, 0.717) is 6.54 Å². The van der Waals surface area contributed by atoms with Crippen molar-refractivity contribution in [3.63, 3.8) is 0 Å². The first-order chi connectivity index (χ1) is 8.20. The number of hydrogen-bond donors (Lipinski definition) is 1. The van der Waals surface area contributed by atoms with Crippen molar-refractivity contribution in [1.82, 2.24) is 14.8 Å². The molecule has 0 unspecified atom stereocenters. The average molecular weight is 314 g/mol. The van der Waals surface area contributed by atoms with E-state index >= 15 is 0 Å². The molecule has 1 N–H and O–H groups in total. The lowest BCUT2D eigenvalue weighted by Gasteiger charge is -2.02. The van der Waals surface area contributed by atoms with Crippen LogP contribution in [-0.4, -0.2) is 14.8 Å². The molecule has 0 spiro atoms. The molecule has 6 heteroatoms. The van der Waals surface area contributed by atoms with Crippen LogP contribution in [0.4, 0.5) is 0 Å². The molecule has 0 bridgehead atoms. The molecule has 2 rings (SSSR count). The van der Waals surface area contributed by atoms with E-state index in [-0.39, 0.29) is 5.69 Å². The second-order valence-corrected chi connectivity index (χ2v) is 5.33. The minimum absolute atomic E-state index is 0.147. The standard InChI is InChI=1S/C11H12BrN3OS/c1-2-15-10(16)13-14-11(15)17-7-8-3-5-9(12)6-4-8/h3-6H,2,7H2,1H3,(H,13,16). The molecule has 0 aliphatic heterocycles. The molecule has 0 aliphatic carbocycles. The van der Waals surface area contributed by atoms with Crippen molar-refractivity contribution in [2.45, 2.75) is 24.4 Å². The van der Waals surface area contributed by atoms with E-state index in [1.165, 1.54) is 5.56 Å². The van der Waals surface area contributed by atoms with Gasteiger partial charge in [0.15, 0.2) is 5.16 Å². The molecule has 1 heterocycles. The number of hydrogen-bond acceptors (Lipinski definition) is 3. The summed E-state index contributed by atoms with van der Waals surface area (Å²) in [6, 6.07) is 8.12. The van der Waals surface area contributed by atoms with Crippen LogP contribution < -0.4 is 5.69 Å². The van der Waals surface area contributed by atoms with Gasteiger partial charge in [0, 0.05) is 16.8 Å². The number of thioether (sulfide) groups is 1. The Bertz CT molecular complexity index is 547. The lowest BCUT2D eigenvalue weighted by molar-refractivity contribution is 0.660. The maximum absolute atomic E-state index is 11.4. The van der Waals surface area contributed by atoms with Crippen LogP contribution in [0.25, 0.3) is 0 Å². The van der Waals surface area contributed by atoms with Crippen LogP contribution in [0, 0.1) is 0 Å². The molecule has 0 aliphatic rings. The van der Waals surface area contributed by atoms with Gasteiger partial charge in [0.2, 0.25) is 0 Å². The quantitative estimate of drug-likeness (QED) is 0.883. The monoisotopic (exact) mass is 313 g/mol.